The molecule has 1 aliphatic heterocycles. The number of esters is 1. The number of hydrogen-bond acceptors (Lipinski definition) is 6. The molecule has 1 heterocycles. The lowest BCUT2D eigenvalue weighted by Gasteiger charge is -2.28. The first-order chi connectivity index (χ1) is 13.0. The Morgan fingerprint density at radius 3 is 2.70 bits per heavy atom. The van der Waals surface area contributed by atoms with Crippen LogP contribution < -0.4 is 4.90 Å². The van der Waals surface area contributed by atoms with Crippen molar-refractivity contribution < 1.29 is 23.6 Å². The van der Waals surface area contributed by atoms with Crippen LogP contribution in [0.5, 0.6) is 0 Å². The first-order valence-electron chi connectivity index (χ1n) is 8.18. The summed E-state index contributed by atoms with van der Waals surface area (Å²) in [6, 6.07) is 8.25. The summed E-state index contributed by atoms with van der Waals surface area (Å²) in [7, 11) is 0. The maximum atomic E-state index is 13.8. The van der Waals surface area contributed by atoms with Crippen LogP contribution in [0.2, 0.25) is 5.02 Å². The van der Waals surface area contributed by atoms with Crippen molar-refractivity contribution >= 4 is 28.9 Å². The quantitative estimate of drug-likeness (QED) is 0.438. The first kappa shape index (κ1) is 19.1. The van der Waals surface area contributed by atoms with Gasteiger partial charge in [0.25, 0.3) is 5.69 Å². The molecule has 0 spiro atoms. The van der Waals surface area contributed by atoms with Crippen molar-refractivity contribution in [3.8, 4) is 0 Å². The zero-order valence-corrected chi connectivity index (χ0v) is 14.9. The van der Waals surface area contributed by atoms with Crippen molar-refractivity contribution in [1.29, 1.82) is 0 Å². The number of rotatable bonds is 5. The summed E-state index contributed by atoms with van der Waals surface area (Å²) in [4.78, 5) is 25.0. The fourth-order valence-corrected chi connectivity index (χ4v) is 2.98. The molecule has 0 radical (unpaired) electrons. The topological polar surface area (TPSA) is 81.9 Å². The summed E-state index contributed by atoms with van der Waals surface area (Å²) in [5.41, 5.74) is 0.269. The maximum Gasteiger partial charge on any atom is 0.338 e. The molecule has 0 bridgehead atoms. The van der Waals surface area contributed by atoms with Gasteiger partial charge < -0.3 is 14.4 Å². The summed E-state index contributed by atoms with van der Waals surface area (Å²) >= 11 is 5.90. The Morgan fingerprint density at radius 2 is 2.04 bits per heavy atom. The fourth-order valence-electron chi connectivity index (χ4n) is 2.76. The van der Waals surface area contributed by atoms with Crippen LogP contribution in [0.4, 0.5) is 15.8 Å². The van der Waals surface area contributed by atoms with Gasteiger partial charge >= 0.3 is 5.97 Å². The van der Waals surface area contributed by atoms with Crippen molar-refractivity contribution in [3.05, 3.63) is 68.5 Å². The number of morpholine rings is 1. The molecule has 0 aromatic heterocycles. The zero-order valence-electron chi connectivity index (χ0n) is 14.2. The number of carbonyl (C=O) groups is 1. The number of carbonyl (C=O) groups excluding carboxylic acids is 1. The van der Waals surface area contributed by atoms with Crippen LogP contribution >= 0.6 is 11.6 Å². The van der Waals surface area contributed by atoms with Gasteiger partial charge in [-0.3, -0.25) is 10.1 Å². The van der Waals surface area contributed by atoms with E-state index in [0.29, 0.717) is 32.0 Å². The molecular weight excluding hydrogens is 379 g/mol. The molecule has 9 heteroatoms. The van der Waals surface area contributed by atoms with E-state index in [-0.39, 0.29) is 28.4 Å². The molecule has 0 saturated carbocycles. The van der Waals surface area contributed by atoms with Crippen molar-refractivity contribution in [2.45, 2.75) is 6.61 Å². The summed E-state index contributed by atoms with van der Waals surface area (Å²) in [5, 5.41) is 11.6. The Bertz CT molecular complexity index is 851. The van der Waals surface area contributed by atoms with E-state index in [9.17, 15) is 19.3 Å². The van der Waals surface area contributed by atoms with E-state index in [1.54, 1.807) is 0 Å². The number of anilines is 1. The second-order valence-corrected chi connectivity index (χ2v) is 6.24. The summed E-state index contributed by atoms with van der Waals surface area (Å²) < 4.78 is 24.1. The molecule has 0 amide bonds. The Hall–Kier alpha value is -2.71. The van der Waals surface area contributed by atoms with E-state index in [1.165, 1.54) is 30.3 Å². The van der Waals surface area contributed by atoms with Crippen molar-refractivity contribution in [2.24, 2.45) is 0 Å². The van der Waals surface area contributed by atoms with Crippen LogP contribution in [-0.2, 0) is 16.1 Å². The molecule has 0 N–H and O–H groups in total. The van der Waals surface area contributed by atoms with Gasteiger partial charge in [0.15, 0.2) is 0 Å². The van der Waals surface area contributed by atoms with Gasteiger partial charge in [-0.2, -0.15) is 0 Å². The van der Waals surface area contributed by atoms with Crippen LogP contribution in [0, 0.1) is 15.9 Å². The molecule has 7 nitrogen and oxygen atoms in total. The van der Waals surface area contributed by atoms with E-state index in [0.717, 1.165) is 6.07 Å². The predicted molar refractivity (Wildman–Crippen MR) is 96.7 cm³/mol. The number of ether oxygens (including phenoxy) is 2. The molecule has 1 aliphatic rings. The smallest absolute Gasteiger partial charge is 0.338 e. The third-order valence-corrected chi connectivity index (χ3v) is 4.52. The zero-order chi connectivity index (χ0) is 19.4. The molecular formula is C18H16ClFN2O5. The second kappa shape index (κ2) is 8.32. The van der Waals surface area contributed by atoms with E-state index >= 15 is 0 Å². The summed E-state index contributed by atoms with van der Waals surface area (Å²) in [5.74, 6) is -1.39. The Labute approximate surface area is 159 Å². The molecule has 1 saturated heterocycles. The summed E-state index contributed by atoms with van der Waals surface area (Å²) in [6.45, 7) is 1.63. The second-order valence-electron chi connectivity index (χ2n) is 5.84. The van der Waals surface area contributed by atoms with Gasteiger partial charge in [0.2, 0.25) is 0 Å². The largest absolute Gasteiger partial charge is 0.457 e. The molecule has 2 aromatic rings. The molecule has 1 fully saturated rings. The Kier molecular flexibility index (Phi) is 5.88. The lowest BCUT2D eigenvalue weighted by Crippen LogP contribution is -2.36. The van der Waals surface area contributed by atoms with Crippen LogP contribution in [0.1, 0.15) is 15.9 Å². The van der Waals surface area contributed by atoms with Gasteiger partial charge in [0.1, 0.15) is 18.1 Å². The minimum atomic E-state index is -0.800. The van der Waals surface area contributed by atoms with Crippen LogP contribution in [0.25, 0.3) is 0 Å². The third kappa shape index (κ3) is 4.35. The molecule has 3 rings (SSSR count). The van der Waals surface area contributed by atoms with E-state index in [1.807, 2.05) is 4.90 Å². The summed E-state index contributed by atoms with van der Waals surface area (Å²) in [6.07, 6.45) is 0. The lowest BCUT2D eigenvalue weighted by molar-refractivity contribution is -0.384. The molecule has 0 unspecified atom stereocenters. The fraction of sp³-hybridized carbons (Fsp3) is 0.278. The number of halogens is 2. The highest BCUT2D eigenvalue weighted by Gasteiger charge is 2.24. The molecule has 27 heavy (non-hydrogen) atoms. The maximum absolute atomic E-state index is 13.8. The van der Waals surface area contributed by atoms with Crippen LogP contribution in [0.15, 0.2) is 36.4 Å². The molecule has 2 aromatic carbocycles. The first-order valence-corrected chi connectivity index (χ1v) is 8.56. The Balaban J connectivity index is 1.78. The molecule has 0 aliphatic carbocycles. The minimum Gasteiger partial charge on any atom is -0.457 e. The third-order valence-electron chi connectivity index (χ3n) is 4.17. The van der Waals surface area contributed by atoms with Crippen molar-refractivity contribution in [3.63, 3.8) is 0 Å². The average Bonchev–Trinajstić information content (AvgIpc) is 2.67. The standard InChI is InChI=1S/C18H16ClFN2O5/c19-14-2-1-3-15(20)13(14)11-27-18(23)12-4-5-16(17(10-12)22(24)25)21-6-8-26-9-7-21/h1-5,10H,6-9,11H2. The SMILES string of the molecule is O=C(OCc1c(F)cccc1Cl)c1ccc(N2CCOCC2)c([N+](=O)[O-])c1. The van der Waals surface area contributed by atoms with E-state index in [2.05, 4.69) is 0 Å². The van der Waals surface area contributed by atoms with Crippen LogP contribution in [-0.4, -0.2) is 37.2 Å². The lowest BCUT2D eigenvalue weighted by atomic mass is 10.1. The highest BCUT2D eigenvalue weighted by atomic mass is 35.5. The van der Waals surface area contributed by atoms with Crippen molar-refractivity contribution in [2.75, 3.05) is 31.2 Å². The van der Waals surface area contributed by atoms with Gasteiger partial charge in [-0.05, 0) is 24.3 Å². The van der Waals surface area contributed by atoms with Gasteiger partial charge in [-0.25, -0.2) is 9.18 Å². The van der Waals surface area contributed by atoms with Crippen molar-refractivity contribution in [1.82, 2.24) is 0 Å². The normalized spacial score (nSPS) is 14.1. The van der Waals surface area contributed by atoms with Crippen LogP contribution in [0.3, 0.4) is 0 Å². The monoisotopic (exact) mass is 394 g/mol. The number of nitrogens with zero attached hydrogens (tertiary/aromatic N) is 2. The van der Waals surface area contributed by atoms with Gasteiger partial charge in [0, 0.05) is 24.7 Å². The highest BCUT2D eigenvalue weighted by molar-refractivity contribution is 6.31. The minimum absolute atomic E-state index is 0.00571. The number of benzene rings is 2. The average molecular weight is 395 g/mol. The number of nitro groups is 1. The predicted octanol–water partition coefficient (Wildman–Crippen LogP) is 3.58. The highest BCUT2D eigenvalue weighted by Crippen LogP contribution is 2.30. The van der Waals surface area contributed by atoms with Gasteiger partial charge in [-0.15, -0.1) is 0 Å². The molecule has 0 atom stereocenters. The Morgan fingerprint density at radius 1 is 1.30 bits per heavy atom. The van der Waals surface area contributed by atoms with E-state index < -0.39 is 16.7 Å². The van der Waals surface area contributed by atoms with Gasteiger partial charge in [-0.1, -0.05) is 17.7 Å². The number of nitro benzene ring substituents is 1. The number of hydrogen-bond donors (Lipinski definition) is 0. The van der Waals surface area contributed by atoms with E-state index in [4.69, 9.17) is 21.1 Å². The van der Waals surface area contributed by atoms with Gasteiger partial charge in [0.05, 0.1) is 28.7 Å². The molecule has 142 valence electrons.